The molecule has 4 rings (SSSR count). The molecule has 4 N–H and O–H groups in total. The molecule has 2 aliphatic heterocycles. The molecular formula is C15H24ClN5. The number of nitrogens with two attached hydrogens (primary N) is 1. The van der Waals surface area contributed by atoms with Gasteiger partial charge in [0.25, 0.3) is 0 Å². The van der Waals surface area contributed by atoms with E-state index < -0.39 is 0 Å². The highest BCUT2D eigenvalue weighted by atomic mass is 35.5. The zero-order valence-corrected chi connectivity index (χ0v) is 13.0. The molecule has 0 aromatic rings. The van der Waals surface area contributed by atoms with Crippen LogP contribution in [0.5, 0.6) is 0 Å². The molecule has 0 amide bonds. The molecule has 0 radical (unpaired) electrons. The van der Waals surface area contributed by atoms with Gasteiger partial charge in [0.15, 0.2) is 0 Å². The number of hydrogen-bond acceptors (Lipinski definition) is 5. The topological polar surface area (TPSA) is 74.8 Å². The zero-order chi connectivity index (χ0) is 14.4. The number of rotatable bonds is 2. The van der Waals surface area contributed by atoms with E-state index >= 15 is 0 Å². The summed E-state index contributed by atoms with van der Waals surface area (Å²) in [6, 6.07) is 1.78. The summed E-state index contributed by atoms with van der Waals surface area (Å²) in [5.41, 5.74) is 6.19. The molecule has 4 aliphatic rings. The SMILES string of the molecule is NC1CCCC2NC(CC3=NC4CC(Cl)CCC4N3)=NC12. The Morgan fingerprint density at radius 2 is 1.86 bits per heavy atom. The second-order valence-corrected chi connectivity index (χ2v) is 7.51. The van der Waals surface area contributed by atoms with Gasteiger partial charge in [-0.15, -0.1) is 11.6 Å². The van der Waals surface area contributed by atoms with Gasteiger partial charge in [-0.05, 0) is 38.5 Å². The van der Waals surface area contributed by atoms with E-state index in [1.807, 2.05) is 0 Å². The minimum absolute atomic E-state index is 0.215. The van der Waals surface area contributed by atoms with Crippen LogP contribution in [0.4, 0.5) is 0 Å². The Morgan fingerprint density at radius 1 is 1.05 bits per heavy atom. The van der Waals surface area contributed by atoms with E-state index in [1.54, 1.807) is 0 Å². The van der Waals surface area contributed by atoms with E-state index in [0.29, 0.717) is 23.5 Å². The van der Waals surface area contributed by atoms with Crippen molar-refractivity contribution in [3.63, 3.8) is 0 Å². The maximum absolute atomic E-state index is 6.25. The number of aliphatic imine (C=N–C) groups is 2. The Labute approximate surface area is 130 Å². The number of amidine groups is 2. The van der Waals surface area contributed by atoms with Crippen LogP contribution in [-0.4, -0.2) is 47.3 Å². The van der Waals surface area contributed by atoms with Crippen molar-refractivity contribution in [3.05, 3.63) is 0 Å². The summed E-state index contributed by atoms with van der Waals surface area (Å²) in [6.45, 7) is 0. The molecule has 21 heavy (non-hydrogen) atoms. The lowest BCUT2D eigenvalue weighted by Crippen LogP contribution is -2.47. The Hall–Kier alpha value is -0.810. The Kier molecular flexibility index (Phi) is 3.58. The summed E-state index contributed by atoms with van der Waals surface area (Å²) in [7, 11) is 0. The molecule has 6 heteroatoms. The van der Waals surface area contributed by atoms with E-state index in [9.17, 15) is 0 Å². The normalized spacial score (nSPS) is 45.0. The molecule has 2 aliphatic carbocycles. The van der Waals surface area contributed by atoms with Crippen molar-refractivity contribution in [2.45, 2.75) is 80.5 Å². The van der Waals surface area contributed by atoms with Crippen LogP contribution in [0.15, 0.2) is 9.98 Å². The van der Waals surface area contributed by atoms with E-state index in [2.05, 4.69) is 10.6 Å². The number of hydrogen-bond donors (Lipinski definition) is 3. The molecule has 5 nitrogen and oxygen atoms in total. The summed E-state index contributed by atoms with van der Waals surface area (Å²) in [5, 5.41) is 7.43. The molecule has 6 unspecified atom stereocenters. The van der Waals surface area contributed by atoms with Crippen LogP contribution in [-0.2, 0) is 0 Å². The van der Waals surface area contributed by atoms with Gasteiger partial charge in [-0.2, -0.15) is 0 Å². The molecule has 0 bridgehead atoms. The van der Waals surface area contributed by atoms with E-state index in [-0.39, 0.29) is 12.1 Å². The molecular weight excluding hydrogens is 286 g/mol. The quantitative estimate of drug-likeness (QED) is 0.670. The third kappa shape index (κ3) is 2.66. The third-order valence-corrected chi connectivity index (χ3v) is 5.72. The number of fused-ring (bicyclic) bond motifs is 2. The maximum Gasteiger partial charge on any atom is 0.105 e. The number of halogens is 1. The minimum atomic E-state index is 0.215. The van der Waals surface area contributed by atoms with Gasteiger partial charge in [0.1, 0.15) is 11.7 Å². The highest BCUT2D eigenvalue weighted by Crippen LogP contribution is 2.29. The van der Waals surface area contributed by atoms with Crippen molar-refractivity contribution >= 4 is 23.3 Å². The van der Waals surface area contributed by atoms with Gasteiger partial charge in [-0.3, -0.25) is 9.98 Å². The van der Waals surface area contributed by atoms with Gasteiger partial charge < -0.3 is 16.4 Å². The molecule has 2 fully saturated rings. The second kappa shape index (κ2) is 5.43. The van der Waals surface area contributed by atoms with Crippen LogP contribution in [0.2, 0.25) is 0 Å². The lowest BCUT2D eigenvalue weighted by Gasteiger charge is -2.29. The average molecular weight is 310 g/mol. The molecule has 116 valence electrons. The number of alkyl halides is 1. The monoisotopic (exact) mass is 309 g/mol. The summed E-state index contributed by atoms with van der Waals surface area (Å²) in [4.78, 5) is 9.65. The second-order valence-electron chi connectivity index (χ2n) is 6.89. The predicted molar refractivity (Wildman–Crippen MR) is 86.2 cm³/mol. The smallest absolute Gasteiger partial charge is 0.105 e. The van der Waals surface area contributed by atoms with Gasteiger partial charge in [0.05, 0.1) is 24.5 Å². The van der Waals surface area contributed by atoms with Crippen LogP contribution in [0.25, 0.3) is 0 Å². The first kappa shape index (κ1) is 13.8. The Bertz CT molecular complexity index is 477. The zero-order valence-electron chi connectivity index (χ0n) is 12.3. The van der Waals surface area contributed by atoms with Gasteiger partial charge >= 0.3 is 0 Å². The third-order valence-electron chi connectivity index (χ3n) is 5.32. The highest BCUT2D eigenvalue weighted by Gasteiger charge is 2.38. The minimum Gasteiger partial charge on any atom is -0.369 e. The van der Waals surface area contributed by atoms with Gasteiger partial charge in [0.2, 0.25) is 0 Å². The van der Waals surface area contributed by atoms with Crippen molar-refractivity contribution in [2.24, 2.45) is 15.7 Å². The lowest BCUT2D eigenvalue weighted by atomic mass is 9.88. The average Bonchev–Trinajstić information content (AvgIpc) is 3.02. The van der Waals surface area contributed by atoms with Crippen LogP contribution in [0.1, 0.15) is 44.9 Å². The maximum atomic E-state index is 6.25. The van der Waals surface area contributed by atoms with Crippen LogP contribution >= 0.6 is 11.6 Å². The molecule has 2 heterocycles. The Morgan fingerprint density at radius 3 is 2.71 bits per heavy atom. The molecule has 0 aromatic carbocycles. The van der Waals surface area contributed by atoms with Crippen LogP contribution < -0.4 is 16.4 Å². The van der Waals surface area contributed by atoms with E-state index in [1.165, 1.54) is 12.8 Å². The van der Waals surface area contributed by atoms with Crippen molar-refractivity contribution in [1.29, 1.82) is 0 Å². The molecule has 2 saturated carbocycles. The molecule has 6 atom stereocenters. The van der Waals surface area contributed by atoms with Gasteiger partial charge in [0, 0.05) is 17.5 Å². The lowest BCUT2D eigenvalue weighted by molar-refractivity contribution is 0.341. The number of nitrogens with zero attached hydrogens (tertiary/aromatic N) is 2. The molecule has 0 saturated heterocycles. The van der Waals surface area contributed by atoms with E-state index in [4.69, 9.17) is 27.3 Å². The van der Waals surface area contributed by atoms with Gasteiger partial charge in [-0.1, -0.05) is 0 Å². The summed E-state index contributed by atoms with van der Waals surface area (Å²) >= 11 is 6.25. The molecule has 0 aromatic heterocycles. The standard InChI is InChI=1S/C15H24ClN5/c16-8-4-5-10-12(6-8)20-13(18-10)7-14-19-11-3-1-2-9(17)15(11)21-14/h8-12,15H,1-7,17H2,(H,18,20)(H,19,21). The summed E-state index contributed by atoms with van der Waals surface area (Å²) < 4.78 is 0. The highest BCUT2D eigenvalue weighted by molar-refractivity contribution is 6.20. The fourth-order valence-electron chi connectivity index (χ4n) is 4.20. The molecule has 0 spiro atoms. The number of nitrogens with one attached hydrogen (secondary N) is 2. The van der Waals surface area contributed by atoms with Crippen molar-refractivity contribution in [3.8, 4) is 0 Å². The van der Waals surface area contributed by atoms with Crippen molar-refractivity contribution < 1.29 is 0 Å². The first-order valence-corrected chi connectivity index (χ1v) is 8.69. The van der Waals surface area contributed by atoms with Crippen LogP contribution in [0.3, 0.4) is 0 Å². The largest absolute Gasteiger partial charge is 0.369 e. The Balaban J connectivity index is 1.41. The van der Waals surface area contributed by atoms with Crippen molar-refractivity contribution in [1.82, 2.24) is 10.6 Å². The first-order valence-electron chi connectivity index (χ1n) is 8.25. The summed E-state index contributed by atoms with van der Waals surface area (Å²) in [6.07, 6.45) is 7.50. The summed E-state index contributed by atoms with van der Waals surface area (Å²) in [5.74, 6) is 2.14. The first-order chi connectivity index (χ1) is 10.2. The van der Waals surface area contributed by atoms with Gasteiger partial charge in [-0.25, -0.2) is 0 Å². The predicted octanol–water partition coefficient (Wildman–Crippen LogP) is 1.16. The van der Waals surface area contributed by atoms with Crippen molar-refractivity contribution in [2.75, 3.05) is 0 Å². The fourth-order valence-corrected chi connectivity index (χ4v) is 4.51. The van der Waals surface area contributed by atoms with Crippen LogP contribution in [0, 0.1) is 0 Å². The van der Waals surface area contributed by atoms with E-state index in [0.717, 1.165) is 43.8 Å². The fraction of sp³-hybridized carbons (Fsp3) is 0.867.